The van der Waals surface area contributed by atoms with E-state index in [0.717, 1.165) is 24.2 Å². The van der Waals surface area contributed by atoms with E-state index in [1.54, 1.807) is 12.0 Å². The minimum atomic E-state index is -0.154. The summed E-state index contributed by atoms with van der Waals surface area (Å²) < 4.78 is 5.37. The van der Waals surface area contributed by atoms with Crippen LogP contribution in [0.1, 0.15) is 23.8 Å². The normalized spacial score (nSPS) is 21.5. The quantitative estimate of drug-likeness (QED) is 0.896. The van der Waals surface area contributed by atoms with Crippen LogP contribution in [-0.4, -0.2) is 42.2 Å². The Morgan fingerprint density at radius 1 is 1.43 bits per heavy atom. The molecule has 1 aromatic carbocycles. The minimum absolute atomic E-state index is 0.00172. The number of carbonyl (C=O) groups excluding carboxylic acids is 2. The zero-order valence-corrected chi connectivity index (χ0v) is 12.7. The van der Waals surface area contributed by atoms with Gasteiger partial charge in [0.1, 0.15) is 17.7 Å². The Bertz CT molecular complexity index is 560. The van der Waals surface area contributed by atoms with Crippen molar-refractivity contribution in [3.05, 3.63) is 29.8 Å². The van der Waals surface area contributed by atoms with E-state index in [4.69, 9.17) is 4.74 Å². The lowest BCUT2D eigenvalue weighted by Gasteiger charge is -2.25. The molecule has 2 amide bonds. The molecule has 1 heterocycles. The maximum Gasteiger partial charge on any atom is 0.239 e. The molecule has 21 heavy (non-hydrogen) atoms. The van der Waals surface area contributed by atoms with E-state index in [-0.39, 0.29) is 23.7 Å². The fourth-order valence-corrected chi connectivity index (χ4v) is 3.62. The van der Waals surface area contributed by atoms with Crippen molar-refractivity contribution in [3.63, 3.8) is 0 Å². The number of thioether (sulfide) groups is 1. The van der Waals surface area contributed by atoms with E-state index in [1.165, 1.54) is 11.8 Å². The fourth-order valence-electron chi connectivity index (χ4n) is 2.41. The smallest absolute Gasteiger partial charge is 0.239 e. The molecule has 1 aliphatic carbocycles. The van der Waals surface area contributed by atoms with E-state index < -0.39 is 0 Å². The van der Waals surface area contributed by atoms with Crippen LogP contribution >= 0.6 is 11.8 Å². The van der Waals surface area contributed by atoms with Crippen LogP contribution in [0.3, 0.4) is 0 Å². The second-order valence-corrected chi connectivity index (χ2v) is 6.34. The molecule has 1 atom stereocenters. The Labute approximate surface area is 128 Å². The molecule has 3 rings (SSSR count). The highest BCUT2D eigenvalue weighted by Crippen LogP contribution is 2.42. The summed E-state index contributed by atoms with van der Waals surface area (Å²) in [6.45, 7) is 0.116. The lowest BCUT2D eigenvalue weighted by atomic mass is 10.2. The largest absolute Gasteiger partial charge is 0.496 e. The second-order valence-electron chi connectivity index (χ2n) is 5.27. The molecule has 5 nitrogen and oxygen atoms in total. The Morgan fingerprint density at radius 2 is 2.19 bits per heavy atom. The van der Waals surface area contributed by atoms with E-state index in [9.17, 15) is 9.59 Å². The number of amides is 2. The van der Waals surface area contributed by atoms with Crippen LogP contribution in [-0.2, 0) is 9.59 Å². The molecule has 6 heteroatoms. The van der Waals surface area contributed by atoms with Crippen molar-refractivity contribution in [2.24, 2.45) is 0 Å². The number of methoxy groups -OCH3 is 1. The molecule has 1 aliphatic heterocycles. The van der Waals surface area contributed by atoms with Crippen LogP contribution in [0.15, 0.2) is 24.3 Å². The molecule has 1 N–H and O–H groups in total. The first-order valence-electron chi connectivity index (χ1n) is 7.02. The number of rotatable bonds is 5. The number of benzene rings is 1. The molecular formula is C15H18N2O3S. The molecule has 1 unspecified atom stereocenters. The third kappa shape index (κ3) is 3.15. The first-order valence-corrected chi connectivity index (χ1v) is 8.07. The van der Waals surface area contributed by atoms with Gasteiger partial charge in [-0.25, -0.2) is 0 Å². The summed E-state index contributed by atoms with van der Waals surface area (Å²) in [5, 5.41) is 2.77. The van der Waals surface area contributed by atoms with Crippen molar-refractivity contribution < 1.29 is 14.3 Å². The number of hydrogen-bond donors (Lipinski definition) is 1. The Morgan fingerprint density at radius 3 is 2.90 bits per heavy atom. The SMILES string of the molecule is COc1ccccc1C1SCC(=O)N1CC(=O)NC1CC1. The molecule has 1 saturated carbocycles. The third-order valence-electron chi connectivity index (χ3n) is 3.63. The van der Waals surface area contributed by atoms with Crippen molar-refractivity contribution >= 4 is 23.6 Å². The maximum absolute atomic E-state index is 12.1. The fraction of sp³-hybridized carbons (Fsp3) is 0.467. The topological polar surface area (TPSA) is 58.6 Å². The number of para-hydroxylation sites is 1. The van der Waals surface area contributed by atoms with Crippen molar-refractivity contribution in [2.75, 3.05) is 19.4 Å². The number of carbonyl (C=O) groups is 2. The maximum atomic E-state index is 12.1. The summed E-state index contributed by atoms with van der Waals surface area (Å²) in [6.07, 6.45) is 2.09. The van der Waals surface area contributed by atoms with Crippen molar-refractivity contribution in [2.45, 2.75) is 24.3 Å². The third-order valence-corrected chi connectivity index (χ3v) is 4.87. The first kappa shape index (κ1) is 14.3. The van der Waals surface area contributed by atoms with Crippen molar-refractivity contribution in [1.82, 2.24) is 10.2 Å². The summed E-state index contributed by atoms with van der Waals surface area (Å²) >= 11 is 1.53. The summed E-state index contributed by atoms with van der Waals surface area (Å²) in [5.74, 6) is 1.08. The zero-order chi connectivity index (χ0) is 14.8. The predicted molar refractivity (Wildman–Crippen MR) is 81.1 cm³/mol. The van der Waals surface area contributed by atoms with Gasteiger partial charge in [-0.1, -0.05) is 18.2 Å². The molecule has 2 fully saturated rings. The van der Waals surface area contributed by atoms with E-state index in [0.29, 0.717) is 11.8 Å². The van der Waals surface area contributed by atoms with Gasteiger partial charge in [-0.05, 0) is 18.9 Å². The van der Waals surface area contributed by atoms with Crippen LogP contribution in [0.5, 0.6) is 5.75 Å². The highest BCUT2D eigenvalue weighted by molar-refractivity contribution is 8.00. The Kier molecular flexibility index (Phi) is 4.05. The number of hydrogen-bond acceptors (Lipinski definition) is 4. The van der Waals surface area contributed by atoms with Crippen LogP contribution in [0.4, 0.5) is 0 Å². The minimum Gasteiger partial charge on any atom is -0.496 e. The zero-order valence-electron chi connectivity index (χ0n) is 11.9. The first-order chi connectivity index (χ1) is 10.2. The van der Waals surface area contributed by atoms with Crippen LogP contribution < -0.4 is 10.1 Å². The van der Waals surface area contributed by atoms with Gasteiger partial charge in [0.2, 0.25) is 11.8 Å². The Balaban J connectivity index is 1.76. The number of nitrogens with one attached hydrogen (secondary N) is 1. The summed E-state index contributed by atoms with van der Waals surface area (Å²) in [7, 11) is 1.62. The lowest BCUT2D eigenvalue weighted by Crippen LogP contribution is -2.40. The van der Waals surface area contributed by atoms with E-state index in [1.807, 2.05) is 24.3 Å². The predicted octanol–water partition coefficient (Wildman–Crippen LogP) is 1.55. The molecule has 1 aromatic rings. The van der Waals surface area contributed by atoms with Crippen molar-refractivity contribution in [1.29, 1.82) is 0 Å². The van der Waals surface area contributed by atoms with Crippen LogP contribution in [0.2, 0.25) is 0 Å². The lowest BCUT2D eigenvalue weighted by molar-refractivity contribution is -0.133. The number of ether oxygens (including phenoxy) is 1. The van der Waals surface area contributed by atoms with Gasteiger partial charge in [0, 0.05) is 11.6 Å². The van der Waals surface area contributed by atoms with Gasteiger partial charge < -0.3 is 15.0 Å². The molecule has 0 bridgehead atoms. The van der Waals surface area contributed by atoms with E-state index >= 15 is 0 Å². The standard InChI is InChI=1S/C15H18N2O3S/c1-20-12-5-3-2-4-11(12)15-17(14(19)9-21-15)8-13(18)16-10-6-7-10/h2-5,10,15H,6-9H2,1H3,(H,16,18). The average Bonchev–Trinajstić information content (AvgIpc) is 3.23. The van der Waals surface area contributed by atoms with Crippen LogP contribution in [0.25, 0.3) is 0 Å². The highest BCUT2D eigenvalue weighted by atomic mass is 32.2. The molecule has 0 aromatic heterocycles. The van der Waals surface area contributed by atoms with Crippen molar-refractivity contribution in [3.8, 4) is 5.75 Å². The highest BCUT2D eigenvalue weighted by Gasteiger charge is 2.36. The molecule has 112 valence electrons. The molecule has 0 radical (unpaired) electrons. The number of nitrogens with zero attached hydrogens (tertiary/aromatic N) is 1. The Hall–Kier alpha value is -1.69. The molecule has 1 saturated heterocycles. The van der Waals surface area contributed by atoms with Crippen LogP contribution in [0, 0.1) is 0 Å². The molecule has 0 spiro atoms. The monoisotopic (exact) mass is 306 g/mol. The summed E-state index contributed by atoms with van der Waals surface area (Å²) in [6, 6.07) is 7.95. The van der Waals surface area contributed by atoms with Gasteiger partial charge in [-0.3, -0.25) is 9.59 Å². The van der Waals surface area contributed by atoms with Gasteiger partial charge in [0.25, 0.3) is 0 Å². The molecular weight excluding hydrogens is 288 g/mol. The van der Waals surface area contributed by atoms with Gasteiger partial charge in [0.05, 0.1) is 12.9 Å². The van der Waals surface area contributed by atoms with Gasteiger partial charge >= 0.3 is 0 Å². The summed E-state index contributed by atoms with van der Waals surface area (Å²) in [4.78, 5) is 25.7. The molecule has 2 aliphatic rings. The van der Waals surface area contributed by atoms with Gasteiger partial charge in [-0.2, -0.15) is 0 Å². The average molecular weight is 306 g/mol. The van der Waals surface area contributed by atoms with Gasteiger partial charge in [-0.15, -0.1) is 11.8 Å². The second kappa shape index (κ2) is 5.97. The van der Waals surface area contributed by atoms with Gasteiger partial charge in [0.15, 0.2) is 0 Å². The summed E-state index contributed by atoms with van der Waals surface area (Å²) in [5.41, 5.74) is 0.940. The van der Waals surface area contributed by atoms with E-state index in [2.05, 4.69) is 5.32 Å².